The summed E-state index contributed by atoms with van der Waals surface area (Å²) >= 11 is 6.10. The molecule has 0 fully saturated rings. The van der Waals surface area contributed by atoms with E-state index < -0.39 is 0 Å². The molecule has 6 nitrogen and oxygen atoms in total. The summed E-state index contributed by atoms with van der Waals surface area (Å²) in [7, 11) is 0. The van der Waals surface area contributed by atoms with Crippen LogP contribution >= 0.6 is 11.6 Å². The van der Waals surface area contributed by atoms with Crippen molar-refractivity contribution in [3.05, 3.63) is 28.2 Å². The van der Waals surface area contributed by atoms with Gasteiger partial charge in [0.05, 0.1) is 11.9 Å². The van der Waals surface area contributed by atoms with Gasteiger partial charge >= 0.3 is 0 Å². The number of hydrogen-bond acceptors (Lipinski definition) is 6. The second kappa shape index (κ2) is 6.56. The van der Waals surface area contributed by atoms with Gasteiger partial charge in [-0.15, -0.1) is 0 Å². The Morgan fingerprint density at radius 2 is 2.10 bits per heavy atom. The molecule has 108 valence electrons. The zero-order valence-corrected chi connectivity index (χ0v) is 12.6. The molecule has 0 aliphatic heterocycles. The minimum atomic E-state index is 0.485. The summed E-state index contributed by atoms with van der Waals surface area (Å²) in [5.74, 6) is 1.96. The first kappa shape index (κ1) is 14.6. The fourth-order valence-corrected chi connectivity index (χ4v) is 1.90. The van der Waals surface area contributed by atoms with Gasteiger partial charge in [-0.3, -0.25) is 0 Å². The van der Waals surface area contributed by atoms with E-state index >= 15 is 0 Å². The SMILES string of the molecule is CCCNc1ncc(Cl)c(NCc2c(C)noc2C)n1. The van der Waals surface area contributed by atoms with Crippen molar-refractivity contribution in [2.75, 3.05) is 17.2 Å². The molecular weight excluding hydrogens is 278 g/mol. The number of aryl methyl sites for hydroxylation is 2. The molecule has 0 atom stereocenters. The van der Waals surface area contributed by atoms with Crippen molar-refractivity contribution >= 4 is 23.4 Å². The van der Waals surface area contributed by atoms with Gasteiger partial charge in [0, 0.05) is 18.7 Å². The van der Waals surface area contributed by atoms with E-state index in [1.54, 1.807) is 6.20 Å². The van der Waals surface area contributed by atoms with E-state index in [-0.39, 0.29) is 0 Å². The zero-order chi connectivity index (χ0) is 14.5. The normalized spacial score (nSPS) is 10.6. The lowest BCUT2D eigenvalue weighted by atomic mass is 10.2. The molecule has 0 amide bonds. The van der Waals surface area contributed by atoms with Gasteiger partial charge in [0.1, 0.15) is 10.8 Å². The summed E-state index contributed by atoms with van der Waals surface area (Å²) in [6.45, 7) is 7.26. The summed E-state index contributed by atoms with van der Waals surface area (Å²) in [6.07, 6.45) is 2.59. The van der Waals surface area contributed by atoms with Crippen molar-refractivity contribution in [2.45, 2.75) is 33.7 Å². The van der Waals surface area contributed by atoms with Crippen LogP contribution in [0.4, 0.5) is 11.8 Å². The third-order valence-corrected chi connectivity index (χ3v) is 3.17. The van der Waals surface area contributed by atoms with Gasteiger partial charge in [0.2, 0.25) is 5.95 Å². The van der Waals surface area contributed by atoms with Gasteiger partial charge in [0.25, 0.3) is 0 Å². The van der Waals surface area contributed by atoms with Crippen molar-refractivity contribution in [1.29, 1.82) is 0 Å². The molecule has 0 aromatic carbocycles. The Bertz CT molecular complexity index is 565. The first-order valence-corrected chi connectivity index (χ1v) is 6.91. The highest BCUT2D eigenvalue weighted by Crippen LogP contribution is 2.21. The molecule has 2 heterocycles. The summed E-state index contributed by atoms with van der Waals surface area (Å²) in [5, 5.41) is 10.7. The van der Waals surface area contributed by atoms with Crippen molar-refractivity contribution in [2.24, 2.45) is 0 Å². The number of nitrogens with one attached hydrogen (secondary N) is 2. The highest BCUT2D eigenvalue weighted by Gasteiger charge is 2.10. The standard InChI is InChI=1S/C13H18ClN5O/c1-4-5-15-13-17-7-11(14)12(18-13)16-6-10-8(2)19-20-9(10)3/h7H,4-6H2,1-3H3,(H2,15,16,17,18). The molecule has 0 aliphatic rings. The lowest BCUT2D eigenvalue weighted by molar-refractivity contribution is 0.392. The first-order chi connectivity index (χ1) is 9.61. The van der Waals surface area contributed by atoms with Crippen LogP contribution in [0.2, 0.25) is 5.02 Å². The molecule has 20 heavy (non-hydrogen) atoms. The summed E-state index contributed by atoms with van der Waals surface area (Å²) < 4.78 is 5.12. The smallest absolute Gasteiger partial charge is 0.224 e. The molecule has 2 N–H and O–H groups in total. The maximum Gasteiger partial charge on any atom is 0.224 e. The lowest BCUT2D eigenvalue weighted by Crippen LogP contribution is -2.08. The monoisotopic (exact) mass is 295 g/mol. The lowest BCUT2D eigenvalue weighted by Gasteiger charge is -2.09. The van der Waals surface area contributed by atoms with Crippen LogP contribution in [0.5, 0.6) is 0 Å². The molecule has 0 saturated carbocycles. The molecule has 7 heteroatoms. The minimum absolute atomic E-state index is 0.485. The maximum absolute atomic E-state index is 6.10. The molecular formula is C13H18ClN5O. The van der Waals surface area contributed by atoms with Crippen molar-refractivity contribution in [3.63, 3.8) is 0 Å². The minimum Gasteiger partial charge on any atom is -0.364 e. The third kappa shape index (κ3) is 3.39. The Labute approximate surface area is 122 Å². The molecule has 0 radical (unpaired) electrons. The predicted octanol–water partition coefficient (Wildman–Crippen LogP) is 3.17. The molecule has 0 bridgehead atoms. The van der Waals surface area contributed by atoms with Crippen molar-refractivity contribution in [1.82, 2.24) is 15.1 Å². The summed E-state index contributed by atoms with van der Waals surface area (Å²) in [5.41, 5.74) is 1.88. The van der Waals surface area contributed by atoms with Gasteiger partial charge in [-0.25, -0.2) is 4.98 Å². The second-order valence-electron chi connectivity index (χ2n) is 4.47. The molecule has 0 saturated heterocycles. The van der Waals surface area contributed by atoms with E-state index in [0.717, 1.165) is 30.0 Å². The van der Waals surface area contributed by atoms with Crippen molar-refractivity contribution < 1.29 is 4.52 Å². The number of rotatable bonds is 6. The topological polar surface area (TPSA) is 75.9 Å². The van der Waals surface area contributed by atoms with E-state index in [1.165, 1.54) is 0 Å². The van der Waals surface area contributed by atoms with E-state index in [9.17, 15) is 0 Å². The zero-order valence-electron chi connectivity index (χ0n) is 11.8. The van der Waals surface area contributed by atoms with Crippen LogP contribution in [0.15, 0.2) is 10.7 Å². The highest BCUT2D eigenvalue weighted by molar-refractivity contribution is 6.32. The molecule has 2 aromatic heterocycles. The van der Waals surface area contributed by atoms with Crippen LogP contribution < -0.4 is 10.6 Å². The van der Waals surface area contributed by atoms with Gasteiger partial charge in [-0.2, -0.15) is 4.98 Å². The highest BCUT2D eigenvalue weighted by atomic mass is 35.5. The van der Waals surface area contributed by atoms with Gasteiger partial charge < -0.3 is 15.2 Å². The van der Waals surface area contributed by atoms with E-state index in [1.807, 2.05) is 13.8 Å². The number of aromatic nitrogens is 3. The van der Waals surface area contributed by atoms with Crippen LogP contribution in [0.3, 0.4) is 0 Å². The van der Waals surface area contributed by atoms with Gasteiger partial charge in [-0.05, 0) is 20.3 Å². The Morgan fingerprint density at radius 3 is 2.75 bits per heavy atom. The average Bonchev–Trinajstić information content (AvgIpc) is 2.76. The number of halogens is 1. The quantitative estimate of drug-likeness (QED) is 0.852. The molecule has 2 aromatic rings. The molecule has 0 unspecified atom stereocenters. The van der Waals surface area contributed by atoms with Crippen LogP contribution in [-0.2, 0) is 6.54 Å². The fraction of sp³-hybridized carbons (Fsp3) is 0.462. The third-order valence-electron chi connectivity index (χ3n) is 2.89. The predicted molar refractivity (Wildman–Crippen MR) is 79.1 cm³/mol. The molecule has 0 aliphatic carbocycles. The van der Waals surface area contributed by atoms with Gasteiger partial charge in [0.15, 0.2) is 5.82 Å². The van der Waals surface area contributed by atoms with E-state index in [2.05, 4.69) is 32.7 Å². The molecule has 2 rings (SSSR count). The van der Waals surface area contributed by atoms with Crippen LogP contribution in [0, 0.1) is 13.8 Å². The Kier molecular flexibility index (Phi) is 4.79. The number of anilines is 2. The second-order valence-corrected chi connectivity index (χ2v) is 4.88. The summed E-state index contributed by atoms with van der Waals surface area (Å²) in [4.78, 5) is 8.48. The average molecular weight is 296 g/mol. The number of hydrogen-bond donors (Lipinski definition) is 2. The van der Waals surface area contributed by atoms with Crippen LogP contribution in [0.25, 0.3) is 0 Å². The number of nitrogens with zero attached hydrogens (tertiary/aromatic N) is 3. The Balaban J connectivity index is 2.08. The van der Waals surface area contributed by atoms with E-state index in [0.29, 0.717) is 23.3 Å². The first-order valence-electron chi connectivity index (χ1n) is 6.53. The summed E-state index contributed by atoms with van der Waals surface area (Å²) in [6, 6.07) is 0. The Hall–Kier alpha value is -1.82. The largest absolute Gasteiger partial charge is 0.364 e. The van der Waals surface area contributed by atoms with Crippen LogP contribution in [-0.4, -0.2) is 21.7 Å². The molecule has 0 spiro atoms. The Morgan fingerprint density at radius 1 is 1.30 bits per heavy atom. The van der Waals surface area contributed by atoms with Gasteiger partial charge in [-0.1, -0.05) is 23.7 Å². The van der Waals surface area contributed by atoms with Crippen molar-refractivity contribution in [3.8, 4) is 0 Å². The fourth-order valence-electron chi connectivity index (χ4n) is 1.74. The van der Waals surface area contributed by atoms with E-state index in [4.69, 9.17) is 16.1 Å². The maximum atomic E-state index is 6.10. The van der Waals surface area contributed by atoms with Crippen LogP contribution in [0.1, 0.15) is 30.4 Å².